The molecule has 1 N–H and O–H groups in total. The van der Waals surface area contributed by atoms with E-state index in [9.17, 15) is 18.0 Å². The smallest absolute Gasteiger partial charge is 0.394 e. The van der Waals surface area contributed by atoms with E-state index < -0.39 is 30.5 Å². The molecule has 2 aliphatic heterocycles. The maximum atomic E-state index is 13.1. The molecule has 1 aromatic rings. The number of hydrogen-bond donors (Lipinski definition) is 1. The highest BCUT2D eigenvalue weighted by Crippen LogP contribution is 2.39. The van der Waals surface area contributed by atoms with E-state index in [1.54, 1.807) is 6.07 Å². The number of carboxylic acids is 1. The normalized spacial score (nSPS) is 25.1. The van der Waals surface area contributed by atoms with Gasteiger partial charge in [0.05, 0.1) is 11.8 Å². The molecule has 3 heterocycles. The summed E-state index contributed by atoms with van der Waals surface area (Å²) in [6.07, 6.45) is 0.0607. The number of carboxylic acid groups (broad SMARTS) is 1. The topological polar surface area (TPSA) is 69.6 Å². The van der Waals surface area contributed by atoms with E-state index in [1.165, 1.54) is 11.2 Å². The van der Waals surface area contributed by atoms with Gasteiger partial charge in [0.1, 0.15) is 18.0 Å². The van der Waals surface area contributed by atoms with Gasteiger partial charge in [-0.15, -0.1) is 0 Å². The zero-order valence-corrected chi connectivity index (χ0v) is 13.0. The monoisotopic (exact) mass is 344 g/mol. The SMILES string of the molecule is O=C(O)[C@@H]1CN(c2cc(N3CCCCC3)ncn2)C[C@H]1C(F)(F)F. The van der Waals surface area contributed by atoms with Crippen LogP contribution in [0.5, 0.6) is 0 Å². The Balaban J connectivity index is 1.80. The van der Waals surface area contributed by atoms with Crippen molar-refractivity contribution < 1.29 is 23.1 Å². The Hall–Kier alpha value is -2.06. The molecule has 2 aliphatic rings. The van der Waals surface area contributed by atoms with Gasteiger partial charge in [0.15, 0.2) is 0 Å². The van der Waals surface area contributed by atoms with Gasteiger partial charge in [0.2, 0.25) is 0 Å². The standard InChI is InChI=1S/C15H19F3N4O2/c16-15(17,18)11-8-22(7-10(11)14(23)24)13-6-12(19-9-20-13)21-4-2-1-3-5-21/h6,9-11H,1-5,7-8H2,(H,23,24)/t10-,11-/m1/s1. The van der Waals surface area contributed by atoms with Gasteiger partial charge in [0.25, 0.3) is 0 Å². The van der Waals surface area contributed by atoms with Crippen LogP contribution in [0, 0.1) is 11.8 Å². The van der Waals surface area contributed by atoms with Crippen LogP contribution in [0.1, 0.15) is 19.3 Å². The number of aliphatic carboxylic acids is 1. The van der Waals surface area contributed by atoms with Crippen LogP contribution in [-0.4, -0.2) is 53.4 Å². The van der Waals surface area contributed by atoms with Gasteiger partial charge in [-0.3, -0.25) is 4.79 Å². The van der Waals surface area contributed by atoms with Crippen molar-refractivity contribution in [2.75, 3.05) is 36.0 Å². The van der Waals surface area contributed by atoms with Crippen molar-refractivity contribution in [2.45, 2.75) is 25.4 Å². The summed E-state index contributed by atoms with van der Waals surface area (Å²) in [5.74, 6) is -3.75. The lowest BCUT2D eigenvalue weighted by Crippen LogP contribution is -2.33. The molecular formula is C15H19F3N4O2. The Morgan fingerprint density at radius 2 is 1.71 bits per heavy atom. The lowest BCUT2D eigenvalue weighted by molar-refractivity contribution is -0.187. The van der Waals surface area contributed by atoms with Crippen molar-refractivity contribution in [3.05, 3.63) is 12.4 Å². The molecule has 2 fully saturated rings. The second-order valence-electron chi connectivity index (χ2n) is 6.28. The Labute approximate surface area is 137 Å². The average Bonchev–Trinajstić information content (AvgIpc) is 3.02. The molecule has 0 amide bonds. The highest BCUT2D eigenvalue weighted by Gasteiger charge is 2.52. The first-order valence-corrected chi connectivity index (χ1v) is 7.97. The molecule has 1 aromatic heterocycles. The number of halogens is 3. The molecule has 9 heteroatoms. The molecule has 24 heavy (non-hydrogen) atoms. The maximum Gasteiger partial charge on any atom is 0.394 e. The second-order valence-corrected chi connectivity index (χ2v) is 6.28. The number of rotatable bonds is 3. The van der Waals surface area contributed by atoms with Crippen molar-refractivity contribution in [2.24, 2.45) is 11.8 Å². The number of piperidine rings is 1. The third-order valence-electron chi connectivity index (χ3n) is 4.70. The summed E-state index contributed by atoms with van der Waals surface area (Å²) in [5.41, 5.74) is 0. The van der Waals surface area contributed by atoms with Crippen LogP contribution in [0.15, 0.2) is 12.4 Å². The summed E-state index contributed by atoms with van der Waals surface area (Å²) >= 11 is 0. The fraction of sp³-hybridized carbons (Fsp3) is 0.667. The lowest BCUT2D eigenvalue weighted by Gasteiger charge is -2.28. The Morgan fingerprint density at radius 3 is 2.25 bits per heavy atom. The Morgan fingerprint density at radius 1 is 1.08 bits per heavy atom. The summed E-state index contributed by atoms with van der Waals surface area (Å²) in [4.78, 5) is 22.9. The largest absolute Gasteiger partial charge is 0.481 e. The number of anilines is 2. The predicted molar refractivity (Wildman–Crippen MR) is 81.0 cm³/mol. The summed E-state index contributed by atoms with van der Waals surface area (Å²) in [6.45, 7) is 1.13. The van der Waals surface area contributed by atoms with Crippen LogP contribution in [0.2, 0.25) is 0 Å². The van der Waals surface area contributed by atoms with Crippen LogP contribution in [-0.2, 0) is 4.79 Å². The minimum Gasteiger partial charge on any atom is -0.481 e. The quantitative estimate of drug-likeness (QED) is 0.906. The second kappa shape index (κ2) is 6.45. The van der Waals surface area contributed by atoms with Crippen LogP contribution in [0.25, 0.3) is 0 Å². The molecule has 2 atom stereocenters. The zero-order valence-electron chi connectivity index (χ0n) is 13.0. The van der Waals surface area contributed by atoms with E-state index in [4.69, 9.17) is 5.11 Å². The molecule has 0 bridgehead atoms. The van der Waals surface area contributed by atoms with E-state index >= 15 is 0 Å². The number of carbonyl (C=O) groups is 1. The van der Waals surface area contributed by atoms with Crippen molar-refractivity contribution in [3.63, 3.8) is 0 Å². The first-order chi connectivity index (χ1) is 11.4. The molecule has 3 rings (SSSR count). The Bertz CT molecular complexity index is 605. The fourth-order valence-corrected chi connectivity index (χ4v) is 3.38. The summed E-state index contributed by atoms with van der Waals surface area (Å²) in [6, 6.07) is 1.66. The maximum absolute atomic E-state index is 13.1. The molecule has 132 valence electrons. The summed E-state index contributed by atoms with van der Waals surface area (Å²) in [5, 5.41) is 9.10. The van der Waals surface area contributed by atoms with Gasteiger partial charge in [-0.05, 0) is 19.3 Å². The number of hydrogen-bond acceptors (Lipinski definition) is 5. The third kappa shape index (κ3) is 3.39. The highest BCUT2D eigenvalue weighted by molar-refractivity contribution is 5.72. The van der Waals surface area contributed by atoms with Gasteiger partial charge in [-0.2, -0.15) is 13.2 Å². The van der Waals surface area contributed by atoms with Crippen molar-refractivity contribution in [1.82, 2.24) is 9.97 Å². The lowest BCUT2D eigenvalue weighted by atomic mass is 9.96. The van der Waals surface area contributed by atoms with E-state index in [-0.39, 0.29) is 6.54 Å². The van der Waals surface area contributed by atoms with Crippen LogP contribution < -0.4 is 9.80 Å². The predicted octanol–water partition coefficient (Wildman–Crippen LogP) is 2.17. The van der Waals surface area contributed by atoms with Crippen molar-refractivity contribution >= 4 is 17.6 Å². The zero-order chi connectivity index (χ0) is 17.3. The van der Waals surface area contributed by atoms with Crippen molar-refractivity contribution in [3.8, 4) is 0 Å². The van der Waals surface area contributed by atoms with Crippen LogP contribution in [0.3, 0.4) is 0 Å². The minimum atomic E-state index is -4.54. The molecule has 0 radical (unpaired) electrons. The van der Waals surface area contributed by atoms with Crippen LogP contribution in [0.4, 0.5) is 24.8 Å². The van der Waals surface area contributed by atoms with Crippen LogP contribution >= 0.6 is 0 Å². The minimum absolute atomic E-state index is 0.198. The van der Waals surface area contributed by atoms with Gasteiger partial charge in [-0.1, -0.05) is 0 Å². The van der Waals surface area contributed by atoms with E-state index in [0.29, 0.717) is 11.6 Å². The molecule has 0 aliphatic carbocycles. The molecule has 0 unspecified atom stereocenters. The molecule has 0 saturated carbocycles. The number of nitrogens with zero attached hydrogens (tertiary/aromatic N) is 4. The molecule has 0 aromatic carbocycles. The third-order valence-corrected chi connectivity index (χ3v) is 4.70. The Kier molecular flexibility index (Phi) is 4.51. The number of alkyl halides is 3. The summed E-state index contributed by atoms with van der Waals surface area (Å²) in [7, 11) is 0. The summed E-state index contributed by atoms with van der Waals surface area (Å²) < 4.78 is 39.3. The van der Waals surface area contributed by atoms with Gasteiger partial charge < -0.3 is 14.9 Å². The molecule has 0 spiro atoms. The van der Waals surface area contributed by atoms with Crippen molar-refractivity contribution in [1.29, 1.82) is 0 Å². The fourth-order valence-electron chi connectivity index (χ4n) is 3.38. The first kappa shape index (κ1) is 16.8. The molecule has 6 nitrogen and oxygen atoms in total. The van der Waals surface area contributed by atoms with E-state index in [1.807, 2.05) is 0 Å². The average molecular weight is 344 g/mol. The first-order valence-electron chi connectivity index (χ1n) is 7.97. The van der Waals surface area contributed by atoms with E-state index in [0.717, 1.165) is 32.4 Å². The molecular weight excluding hydrogens is 325 g/mol. The van der Waals surface area contributed by atoms with Gasteiger partial charge in [0, 0.05) is 32.2 Å². The van der Waals surface area contributed by atoms with Gasteiger partial charge in [-0.25, -0.2) is 9.97 Å². The highest BCUT2D eigenvalue weighted by atomic mass is 19.4. The number of aromatic nitrogens is 2. The van der Waals surface area contributed by atoms with Gasteiger partial charge >= 0.3 is 12.1 Å². The molecule has 2 saturated heterocycles. The van der Waals surface area contributed by atoms with E-state index in [2.05, 4.69) is 14.9 Å².